The van der Waals surface area contributed by atoms with Crippen molar-refractivity contribution in [1.29, 1.82) is 0 Å². The number of fused-ring (bicyclic) bond motifs is 2. The number of nitrogens with one attached hydrogen (secondary N) is 6. The average molecular weight is 581 g/mol. The number of pyridine rings is 1. The zero-order valence-corrected chi connectivity index (χ0v) is 25.3. The van der Waals surface area contributed by atoms with Crippen molar-refractivity contribution in [2.75, 3.05) is 123 Å². The van der Waals surface area contributed by atoms with E-state index in [1.54, 1.807) is 0 Å². The highest BCUT2D eigenvalue weighted by Crippen LogP contribution is 2.30. The molecule has 10 heteroatoms. The molecule has 1 fully saturated rings. The summed E-state index contributed by atoms with van der Waals surface area (Å²) in [5.41, 5.74) is 3.25. The molecule has 1 aliphatic heterocycles. The van der Waals surface area contributed by atoms with Crippen molar-refractivity contribution in [3.63, 3.8) is 0 Å². The van der Waals surface area contributed by atoms with Gasteiger partial charge in [0.2, 0.25) is 0 Å². The highest BCUT2D eigenvalue weighted by Gasteiger charge is 2.09. The maximum absolute atomic E-state index is 5.78. The second-order valence-corrected chi connectivity index (χ2v) is 10.6. The largest absolute Gasteiger partial charge is 0.384 e. The van der Waals surface area contributed by atoms with E-state index in [9.17, 15) is 0 Å². The molecular formula is C32H52N8O2. The first-order chi connectivity index (χ1) is 20.9. The predicted molar refractivity (Wildman–Crippen MR) is 175 cm³/mol. The van der Waals surface area contributed by atoms with Gasteiger partial charge in [0.15, 0.2) is 0 Å². The van der Waals surface area contributed by atoms with Gasteiger partial charge in [0, 0.05) is 95.9 Å². The molecule has 2 aromatic carbocycles. The number of para-hydroxylation sites is 2. The van der Waals surface area contributed by atoms with Crippen molar-refractivity contribution in [2.24, 2.45) is 0 Å². The summed E-state index contributed by atoms with van der Waals surface area (Å²) in [6.07, 6.45) is 1.06. The topological polar surface area (TPSA) is 107 Å². The average Bonchev–Trinajstić information content (AvgIpc) is 3.02. The maximum Gasteiger partial charge on any atom is 0.0730 e. The molecule has 0 radical (unpaired) electrons. The molecular weight excluding hydrogens is 528 g/mol. The first kappa shape index (κ1) is 32.5. The van der Waals surface area contributed by atoms with Gasteiger partial charge >= 0.3 is 0 Å². The van der Waals surface area contributed by atoms with Crippen LogP contribution in [0.15, 0.2) is 48.5 Å². The van der Waals surface area contributed by atoms with E-state index >= 15 is 0 Å². The summed E-state index contributed by atoms with van der Waals surface area (Å²) in [4.78, 5) is 7.41. The van der Waals surface area contributed by atoms with Gasteiger partial charge in [-0.05, 0) is 25.1 Å². The summed E-state index contributed by atoms with van der Waals surface area (Å²) in [5.74, 6) is 0. The van der Waals surface area contributed by atoms with Gasteiger partial charge in [-0.25, -0.2) is 4.98 Å². The van der Waals surface area contributed by atoms with Gasteiger partial charge in [0.1, 0.15) is 0 Å². The van der Waals surface area contributed by atoms with E-state index in [-0.39, 0.29) is 0 Å². The van der Waals surface area contributed by atoms with E-state index < -0.39 is 0 Å². The Bertz CT molecular complexity index is 1060. The van der Waals surface area contributed by atoms with E-state index in [4.69, 9.17) is 14.5 Å². The van der Waals surface area contributed by atoms with E-state index in [1.165, 1.54) is 16.5 Å². The summed E-state index contributed by atoms with van der Waals surface area (Å²) in [6, 6.07) is 16.8. The molecule has 1 saturated heterocycles. The second kappa shape index (κ2) is 20.5. The first-order valence-corrected chi connectivity index (χ1v) is 15.8. The number of hydrogen-bond donors (Lipinski definition) is 6. The smallest absolute Gasteiger partial charge is 0.0730 e. The van der Waals surface area contributed by atoms with Crippen LogP contribution in [0, 0.1) is 0 Å². The van der Waals surface area contributed by atoms with Crippen molar-refractivity contribution < 1.29 is 9.47 Å². The lowest BCUT2D eigenvalue weighted by molar-refractivity contribution is 0.135. The Morgan fingerprint density at radius 2 is 1.05 bits per heavy atom. The van der Waals surface area contributed by atoms with Crippen LogP contribution in [0.25, 0.3) is 21.8 Å². The molecule has 3 aromatic rings. The number of benzene rings is 2. The Kier molecular flexibility index (Phi) is 15.9. The van der Waals surface area contributed by atoms with Gasteiger partial charge in [-0.15, -0.1) is 0 Å². The van der Waals surface area contributed by atoms with E-state index in [1.807, 2.05) is 0 Å². The van der Waals surface area contributed by atoms with Crippen molar-refractivity contribution in [3.8, 4) is 0 Å². The minimum absolute atomic E-state index is 0.741. The quantitative estimate of drug-likeness (QED) is 0.196. The van der Waals surface area contributed by atoms with Crippen LogP contribution in [-0.2, 0) is 9.47 Å². The van der Waals surface area contributed by atoms with Crippen molar-refractivity contribution in [3.05, 3.63) is 48.5 Å². The minimum atomic E-state index is 0.741. The molecule has 0 unspecified atom stereocenters. The highest BCUT2D eigenvalue weighted by molar-refractivity contribution is 6.07. The number of anilines is 1. The Balaban J connectivity index is 1.22. The summed E-state index contributed by atoms with van der Waals surface area (Å²) in [7, 11) is 0. The number of nitrogens with zero attached hydrogens (tertiary/aromatic N) is 2. The molecule has 0 saturated carbocycles. The minimum Gasteiger partial charge on any atom is -0.384 e. The fourth-order valence-electron chi connectivity index (χ4n) is 5.12. The lowest BCUT2D eigenvalue weighted by Gasteiger charge is -2.23. The van der Waals surface area contributed by atoms with Crippen LogP contribution in [0.5, 0.6) is 0 Å². The summed E-state index contributed by atoms with van der Waals surface area (Å²) in [5, 5.41) is 23.5. The number of hydrogen-bond acceptors (Lipinski definition) is 10. The van der Waals surface area contributed by atoms with Crippen molar-refractivity contribution in [1.82, 2.24) is 36.5 Å². The molecule has 10 nitrogen and oxygen atoms in total. The van der Waals surface area contributed by atoms with Crippen LogP contribution in [-0.4, -0.2) is 128 Å². The van der Waals surface area contributed by atoms with E-state index in [0.717, 1.165) is 136 Å². The molecule has 232 valence electrons. The van der Waals surface area contributed by atoms with Gasteiger partial charge in [-0.3, -0.25) is 0 Å². The standard InChI is InChI=1S/C32H52N8O2/c1-3-8-30-28(6-1)32(29-7-2-4-9-31(29)39-30)38-10-5-21-40-22-15-36-19-26-41-24-17-34-13-11-33-12-14-35-18-25-42-27-20-37-16-23-40/h1-4,6-9,33-37H,5,10-27H2,(H,38,39). The molecule has 0 amide bonds. The second-order valence-electron chi connectivity index (χ2n) is 10.6. The fourth-order valence-corrected chi connectivity index (χ4v) is 5.12. The maximum atomic E-state index is 5.78. The van der Waals surface area contributed by atoms with E-state index in [2.05, 4.69) is 85.3 Å². The molecule has 1 aromatic heterocycles. The lowest BCUT2D eigenvalue weighted by atomic mass is 10.1. The molecule has 1 aliphatic rings. The zero-order valence-electron chi connectivity index (χ0n) is 25.3. The van der Waals surface area contributed by atoms with Crippen LogP contribution in [0.2, 0.25) is 0 Å². The van der Waals surface area contributed by atoms with Gasteiger partial charge in [0.25, 0.3) is 0 Å². The molecule has 0 atom stereocenters. The monoisotopic (exact) mass is 580 g/mol. The van der Waals surface area contributed by atoms with Gasteiger partial charge in [-0.2, -0.15) is 0 Å². The molecule has 4 rings (SSSR count). The van der Waals surface area contributed by atoms with Crippen LogP contribution in [0.4, 0.5) is 5.69 Å². The third-order valence-corrected chi connectivity index (χ3v) is 7.40. The summed E-state index contributed by atoms with van der Waals surface area (Å²) < 4.78 is 11.6. The predicted octanol–water partition coefficient (Wildman–Crippen LogP) is 1.49. The zero-order chi connectivity index (χ0) is 28.9. The Morgan fingerprint density at radius 3 is 1.57 bits per heavy atom. The Morgan fingerprint density at radius 1 is 0.595 bits per heavy atom. The Hall–Kier alpha value is -2.41. The Labute approximate surface area is 251 Å². The number of ether oxygens (including phenoxy) is 2. The fraction of sp³-hybridized carbons (Fsp3) is 0.594. The molecule has 0 aliphatic carbocycles. The molecule has 0 spiro atoms. The van der Waals surface area contributed by atoms with Crippen LogP contribution in [0.3, 0.4) is 0 Å². The first-order valence-electron chi connectivity index (χ1n) is 15.8. The summed E-state index contributed by atoms with van der Waals surface area (Å²) >= 11 is 0. The molecule has 42 heavy (non-hydrogen) atoms. The van der Waals surface area contributed by atoms with Crippen molar-refractivity contribution in [2.45, 2.75) is 6.42 Å². The summed E-state index contributed by atoms with van der Waals surface area (Å²) in [6.45, 7) is 16.2. The molecule has 0 bridgehead atoms. The third-order valence-electron chi connectivity index (χ3n) is 7.40. The molecule has 6 N–H and O–H groups in total. The number of rotatable bonds is 5. The van der Waals surface area contributed by atoms with Gasteiger partial charge in [-0.1, -0.05) is 36.4 Å². The highest BCUT2D eigenvalue weighted by atomic mass is 16.5. The normalized spacial score (nSPS) is 19.3. The van der Waals surface area contributed by atoms with Crippen molar-refractivity contribution >= 4 is 27.5 Å². The van der Waals surface area contributed by atoms with Gasteiger partial charge in [0.05, 0.1) is 43.1 Å². The lowest BCUT2D eigenvalue weighted by Crippen LogP contribution is -2.39. The van der Waals surface area contributed by atoms with Crippen LogP contribution < -0.4 is 31.9 Å². The third kappa shape index (κ3) is 12.1. The SMILES string of the molecule is c1ccc2c(NCCCN3CCNCCOCCNCCNCCNCCOCCNCC3)c3ccccc3nc2c1. The van der Waals surface area contributed by atoms with E-state index in [0.29, 0.717) is 0 Å². The number of aromatic nitrogens is 1. The van der Waals surface area contributed by atoms with Crippen LogP contribution >= 0.6 is 0 Å². The molecule has 2 heterocycles. The van der Waals surface area contributed by atoms with Crippen LogP contribution in [0.1, 0.15) is 6.42 Å². The van der Waals surface area contributed by atoms with Gasteiger partial charge < -0.3 is 46.3 Å².